The molecule has 106 valence electrons. The molecule has 1 heterocycles. The van der Waals surface area contributed by atoms with Crippen molar-refractivity contribution in [2.45, 2.75) is 31.3 Å². The predicted molar refractivity (Wildman–Crippen MR) is 47.4 cm³/mol. The summed E-state index contributed by atoms with van der Waals surface area (Å²) in [6, 6.07) is 0. The number of piperidine rings is 1. The van der Waals surface area contributed by atoms with Gasteiger partial charge in [0.05, 0.1) is 0 Å². The molecule has 0 radical (unpaired) electrons. The van der Waals surface area contributed by atoms with Crippen LogP contribution in [0.15, 0.2) is 0 Å². The third kappa shape index (κ3) is 3.50. The molecular formula is C9H11F6NO2. The van der Waals surface area contributed by atoms with Gasteiger partial charge in [-0.1, -0.05) is 0 Å². The van der Waals surface area contributed by atoms with Crippen molar-refractivity contribution in [1.82, 2.24) is 4.90 Å². The zero-order chi connectivity index (χ0) is 14.1. The van der Waals surface area contributed by atoms with Gasteiger partial charge in [-0.2, -0.15) is 26.3 Å². The Labute approximate surface area is 98.4 Å². The molecule has 0 bridgehead atoms. The Bertz CT molecular complexity index is 313. The van der Waals surface area contributed by atoms with Crippen LogP contribution in [0.5, 0.6) is 0 Å². The van der Waals surface area contributed by atoms with Crippen molar-refractivity contribution < 1.29 is 36.2 Å². The Morgan fingerprint density at radius 2 is 1.78 bits per heavy atom. The summed E-state index contributed by atoms with van der Waals surface area (Å²) < 4.78 is 73.0. The van der Waals surface area contributed by atoms with Crippen LogP contribution in [0.4, 0.5) is 26.3 Å². The summed E-state index contributed by atoms with van der Waals surface area (Å²) in [5.74, 6) is -3.58. The molecule has 9 heteroatoms. The number of nitrogens with zero attached hydrogens (tertiary/aromatic N) is 1. The van der Waals surface area contributed by atoms with Crippen LogP contribution >= 0.6 is 0 Å². The minimum absolute atomic E-state index is 0.000370. The van der Waals surface area contributed by atoms with Gasteiger partial charge in [0.15, 0.2) is 6.10 Å². The van der Waals surface area contributed by atoms with Crippen LogP contribution in [-0.2, 0) is 4.79 Å². The molecule has 1 amide bonds. The van der Waals surface area contributed by atoms with E-state index in [4.69, 9.17) is 5.11 Å². The van der Waals surface area contributed by atoms with E-state index in [1.54, 1.807) is 0 Å². The normalized spacial score (nSPS) is 23.9. The Kier molecular flexibility index (Phi) is 4.14. The lowest BCUT2D eigenvalue weighted by molar-refractivity contribution is -0.226. The number of aliphatic hydroxyl groups excluding tert-OH is 1. The van der Waals surface area contributed by atoms with E-state index >= 15 is 0 Å². The summed E-state index contributed by atoms with van der Waals surface area (Å²) in [7, 11) is 0. The molecule has 0 unspecified atom stereocenters. The first kappa shape index (κ1) is 15.1. The number of carbonyl (C=O) groups excluding carboxylic acids is 1. The van der Waals surface area contributed by atoms with Gasteiger partial charge in [0, 0.05) is 19.0 Å². The van der Waals surface area contributed by atoms with Gasteiger partial charge in [0.25, 0.3) is 0 Å². The zero-order valence-corrected chi connectivity index (χ0v) is 9.05. The summed E-state index contributed by atoms with van der Waals surface area (Å²) in [5.41, 5.74) is 0. The van der Waals surface area contributed by atoms with Crippen molar-refractivity contribution in [2.75, 3.05) is 13.1 Å². The van der Waals surface area contributed by atoms with Crippen LogP contribution in [0, 0.1) is 5.92 Å². The van der Waals surface area contributed by atoms with E-state index in [0.717, 1.165) is 0 Å². The summed E-state index contributed by atoms with van der Waals surface area (Å²) in [5, 5.41) is 8.97. The molecule has 18 heavy (non-hydrogen) atoms. The lowest BCUT2D eigenvalue weighted by atomic mass is 9.92. The molecule has 3 nitrogen and oxygen atoms in total. The SMILES string of the molecule is O=C(N1CCC[C@H]([C@H](O)C(F)(F)F)C1)C(F)(F)F. The third-order valence-electron chi connectivity index (χ3n) is 2.77. The summed E-state index contributed by atoms with van der Waals surface area (Å²) in [6.45, 7) is -0.988. The van der Waals surface area contributed by atoms with Crippen molar-refractivity contribution in [2.24, 2.45) is 5.92 Å². The molecule has 0 aromatic carbocycles. The maximum Gasteiger partial charge on any atom is 0.471 e. The molecule has 1 aliphatic heterocycles. The average molecular weight is 279 g/mol. The Morgan fingerprint density at radius 3 is 2.22 bits per heavy atom. The van der Waals surface area contributed by atoms with Gasteiger partial charge in [-0.15, -0.1) is 0 Å². The topological polar surface area (TPSA) is 40.5 Å². The van der Waals surface area contributed by atoms with E-state index in [9.17, 15) is 31.1 Å². The van der Waals surface area contributed by atoms with E-state index in [1.165, 1.54) is 0 Å². The van der Waals surface area contributed by atoms with Crippen LogP contribution in [0.1, 0.15) is 12.8 Å². The first-order chi connectivity index (χ1) is 8.03. The van der Waals surface area contributed by atoms with Gasteiger partial charge < -0.3 is 10.0 Å². The van der Waals surface area contributed by atoms with Crippen LogP contribution in [0.2, 0.25) is 0 Å². The lowest BCUT2D eigenvalue weighted by Gasteiger charge is -2.35. The third-order valence-corrected chi connectivity index (χ3v) is 2.77. The molecule has 1 saturated heterocycles. The van der Waals surface area contributed by atoms with Crippen molar-refractivity contribution in [3.8, 4) is 0 Å². The van der Waals surface area contributed by atoms with Gasteiger partial charge in [-0.05, 0) is 12.8 Å². The Balaban J connectivity index is 2.70. The largest absolute Gasteiger partial charge is 0.471 e. The van der Waals surface area contributed by atoms with E-state index in [-0.39, 0.29) is 19.4 Å². The van der Waals surface area contributed by atoms with Crippen LogP contribution < -0.4 is 0 Å². The second-order valence-electron chi connectivity index (χ2n) is 4.14. The predicted octanol–water partition coefficient (Wildman–Crippen LogP) is 1.71. The fourth-order valence-electron chi connectivity index (χ4n) is 1.90. The monoisotopic (exact) mass is 279 g/mol. The van der Waals surface area contributed by atoms with Crippen molar-refractivity contribution in [3.63, 3.8) is 0 Å². The molecule has 1 aliphatic rings. The summed E-state index contributed by atoms with van der Waals surface area (Å²) in [6.07, 6.45) is -12.8. The van der Waals surface area contributed by atoms with E-state index in [1.807, 2.05) is 0 Å². The number of rotatable bonds is 1. The fourth-order valence-corrected chi connectivity index (χ4v) is 1.90. The second-order valence-corrected chi connectivity index (χ2v) is 4.14. The molecule has 0 spiro atoms. The highest BCUT2D eigenvalue weighted by molar-refractivity contribution is 5.81. The second kappa shape index (κ2) is 4.94. The van der Waals surface area contributed by atoms with Gasteiger partial charge >= 0.3 is 18.3 Å². The highest BCUT2D eigenvalue weighted by atomic mass is 19.4. The van der Waals surface area contributed by atoms with Gasteiger partial charge in [-0.3, -0.25) is 4.79 Å². The van der Waals surface area contributed by atoms with E-state index < -0.39 is 36.8 Å². The number of hydrogen-bond acceptors (Lipinski definition) is 2. The van der Waals surface area contributed by atoms with Crippen LogP contribution in [-0.4, -0.2) is 47.5 Å². The standard InChI is InChI=1S/C9H11F6NO2/c10-8(11,12)6(17)5-2-1-3-16(4-5)7(18)9(13,14)15/h5-6,17H,1-4H2/t5-,6-/m0/s1. The van der Waals surface area contributed by atoms with Gasteiger partial charge in [0.1, 0.15) is 0 Å². The fraction of sp³-hybridized carbons (Fsp3) is 0.889. The summed E-state index contributed by atoms with van der Waals surface area (Å²) >= 11 is 0. The number of hydrogen-bond donors (Lipinski definition) is 1. The number of alkyl halides is 6. The molecule has 0 saturated carbocycles. The number of carbonyl (C=O) groups is 1. The highest BCUT2D eigenvalue weighted by Crippen LogP contribution is 2.32. The van der Waals surface area contributed by atoms with Crippen LogP contribution in [0.3, 0.4) is 0 Å². The smallest absolute Gasteiger partial charge is 0.383 e. The first-order valence-corrected chi connectivity index (χ1v) is 5.14. The Hall–Kier alpha value is -0.990. The van der Waals surface area contributed by atoms with Crippen molar-refractivity contribution in [3.05, 3.63) is 0 Å². The van der Waals surface area contributed by atoms with Crippen molar-refractivity contribution >= 4 is 5.91 Å². The first-order valence-electron chi connectivity index (χ1n) is 5.14. The van der Waals surface area contributed by atoms with Gasteiger partial charge in [-0.25, -0.2) is 0 Å². The Morgan fingerprint density at radius 1 is 1.22 bits per heavy atom. The van der Waals surface area contributed by atoms with Crippen molar-refractivity contribution in [1.29, 1.82) is 0 Å². The average Bonchev–Trinajstić information content (AvgIpc) is 2.24. The molecule has 0 aromatic rings. The molecule has 1 fully saturated rings. The summed E-state index contributed by atoms with van der Waals surface area (Å²) in [4.78, 5) is 11.2. The number of likely N-dealkylation sites (tertiary alicyclic amines) is 1. The molecule has 1 rings (SSSR count). The molecule has 0 aromatic heterocycles. The highest BCUT2D eigenvalue weighted by Gasteiger charge is 2.48. The number of halogens is 6. The van der Waals surface area contributed by atoms with Crippen LogP contribution in [0.25, 0.3) is 0 Å². The minimum Gasteiger partial charge on any atom is -0.383 e. The molecule has 0 aliphatic carbocycles. The van der Waals surface area contributed by atoms with E-state index in [2.05, 4.69) is 0 Å². The number of amides is 1. The van der Waals surface area contributed by atoms with Gasteiger partial charge in [0.2, 0.25) is 0 Å². The quantitative estimate of drug-likeness (QED) is 0.742. The minimum atomic E-state index is -5.11. The lowest BCUT2D eigenvalue weighted by Crippen LogP contribution is -2.50. The maximum atomic E-state index is 12.2. The molecular weight excluding hydrogens is 268 g/mol. The number of aliphatic hydroxyl groups is 1. The van der Waals surface area contributed by atoms with E-state index in [0.29, 0.717) is 4.90 Å². The maximum absolute atomic E-state index is 12.2. The molecule has 1 N–H and O–H groups in total. The molecule has 2 atom stereocenters. The zero-order valence-electron chi connectivity index (χ0n) is 9.05.